The highest BCUT2D eigenvalue weighted by atomic mass is 16.3. The average Bonchev–Trinajstić information content (AvgIpc) is 2.88. The van der Waals surface area contributed by atoms with Crippen LogP contribution in [0.4, 0.5) is 0 Å². The number of aryl methyl sites for hydroxylation is 2. The lowest BCUT2D eigenvalue weighted by molar-refractivity contribution is -0.130. The quantitative estimate of drug-likeness (QED) is 0.867. The molecule has 0 spiro atoms. The molecule has 0 unspecified atom stereocenters. The van der Waals surface area contributed by atoms with E-state index in [2.05, 4.69) is 36.1 Å². The van der Waals surface area contributed by atoms with Crippen molar-refractivity contribution in [2.75, 3.05) is 40.3 Å². The minimum absolute atomic E-state index is 0.167. The van der Waals surface area contributed by atoms with Crippen molar-refractivity contribution in [2.45, 2.75) is 19.8 Å². The van der Waals surface area contributed by atoms with Crippen LogP contribution in [0.3, 0.4) is 0 Å². The highest BCUT2D eigenvalue weighted by molar-refractivity contribution is 5.76. The fourth-order valence-corrected chi connectivity index (χ4v) is 3.19. The highest BCUT2D eigenvalue weighted by Crippen LogP contribution is 2.24. The van der Waals surface area contributed by atoms with Crippen LogP contribution in [-0.4, -0.2) is 61.2 Å². The number of amides is 1. The van der Waals surface area contributed by atoms with Gasteiger partial charge in [-0.05, 0) is 38.9 Å². The third-order valence-electron chi connectivity index (χ3n) is 4.51. The molecule has 2 rings (SSSR count). The SMILES string of the molecule is Cc1ccc(CCC(=O)N2C[C@@H](CN(C)C)[C@@H](CO)C2)cc1. The molecular weight excluding hydrogens is 276 g/mol. The van der Waals surface area contributed by atoms with E-state index in [0.717, 1.165) is 19.5 Å². The van der Waals surface area contributed by atoms with Crippen LogP contribution in [0.15, 0.2) is 24.3 Å². The molecule has 1 heterocycles. The zero-order valence-electron chi connectivity index (χ0n) is 14.0. The molecule has 0 aromatic heterocycles. The summed E-state index contributed by atoms with van der Waals surface area (Å²) in [6.45, 7) is 4.63. The Labute approximate surface area is 133 Å². The second-order valence-electron chi connectivity index (χ2n) is 6.75. The van der Waals surface area contributed by atoms with E-state index in [1.54, 1.807) is 0 Å². The van der Waals surface area contributed by atoms with Gasteiger partial charge in [0.1, 0.15) is 0 Å². The number of likely N-dealkylation sites (tertiary alicyclic amines) is 1. The molecule has 0 saturated carbocycles. The molecule has 1 amide bonds. The number of nitrogens with zero attached hydrogens (tertiary/aromatic N) is 2. The average molecular weight is 304 g/mol. The lowest BCUT2D eigenvalue weighted by Crippen LogP contribution is -2.30. The molecule has 1 aliphatic rings. The van der Waals surface area contributed by atoms with E-state index < -0.39 is 0 Å². The van der Waals surface area contributed by atoms with Crippen LogP contribution in [0.5, 0.6) is 0 Å². The molecule has 1 aliphatic heterocycles. The van der Waals surface area contributed by atoms with E-state index in [-0.39, 0.29) is 18.4 Å². The van der Waals surface area contributed by atoms with Gasteiger partial charge >= 0.3 is 0 Å². The fraction of sp³-hybridized carbons (Fsp3) is 0.611. The molecule has 122 valence electrons. The largest absolute Gasteiger partial charge is 0.396 e. The third kappa shape index (κ3) is 4.55. The summed E-state index contributed by atoms with van der Waals surface area (Å²) in [6, 6.07) is 8.37. The van der Waals surface area contributed by atoms with Gasteiger partial charge in [-0.1, -0.05) is 29.8 Å². The Balaban J connectivity index is 1.86. The van der Waals surface area contributed by atoms with E-state index in [1.807, 2.05) is 19.0 Å². The van der Waals surface area contributed by atoms with Crippen molar-refractivity contribution in [1.82, 2.24) is 9.80 Å². The van der Waals surface area contributed by atoms with Crippen LogP contribution >= 0.6 is 0 Å². The summed E-state index contributed by atoms with van der Waals surface area (Å²) in [7, 11) is 4.08. The zero-order valence-corrected chi connectivity index (χ0v) is 14.0. The van der Waals surface area contributed by atoms with Gasteiger partial charge in [-0.3, -0.25) is 4.79 Å². The Morgan fingerprint density at radius 3 is 2.45 bits per heavy atom. The lowest BCUT2D eigenvalue weighted by atomic mass is 9.97. The molecule has 0 bridgehead atoms. The topological polar surface area (TPSA) is 43.8 Å². The molecule has 4 heteroatoms. The highest BCUT2D eigenvalue weighted by Gasteiger charge is 2.34. The maximum absolute atomic E-state index is 12.4. The van der Waals surface area contributed by atoms with Gasteiger partial charge in [-0.15, -0.1) is 0 Å². The van der Waals surface area contributed by atoms with E-state index >= 15 is 0 Å². The van der Waals surface area contributed by atoms with Gasteiger partial charge in [0, 0.05) is 38.6 Å². The number of carbonyl (C=O) groups excluding carboxylic acids is 1. The van der Waals surface area contributed by atoms with Crippen LogP contribution < -0.4 is 0 Å². The molecular formula is C18H28N2O2. The smallest absolute Gasteiger partial charge is 0.222 e. The second kappa shape index (κ2) is 7.75. The Kier molecular flexibility index (Phi) is 5.98. The van der Waals surface area contributed by atoms with Crippen molar-refractivity contribution in [1.29, 1.82) is 0 Å². The summed E-state index contributed by atoms with van der Waals surface area (Å²) >= 11 is 0. The molecule has 0 aliphatic carbocycles. The van der Waals surface area contributed by atoms with Crippen LogP contribution in [0, 0.1) is 18.8 Å². The first kappa shape index (κ1) is 17.0. The predicted octanol–water partition coefficient (Wildman–Crippen LogP) is 1.56. The fourth-order valence-electron chi connectivity index (χ4n) is 3.19. The molecule has 1 aromatic carbocycles. The standard InChI is InChI=1S/C18H28N2O2/c1-14-4-6-15(7-5-14)8-9-18(22)20-11-16(10-19(2)3)17(12-20)13-21/h4-7,16-17,21H,8-13H2,1-3H3/t16-,17-/m1/s1. The first-order valence-corrected chi connectivity index (χ1v) is 8.08. The lowest BCUT2D eigenvalue weighted by Gasteiger charge is -2.20. The van der Waals surface area contributed by atoms with Crippen LogP contribution in [0.25, 0.3) is 0 Å². The van der Waals surface area contributed by atoms with Gasteiger partial charge in [0.25, 0.3) is 0 Å². The van der Waals surface area contributed by atoms with Gasteiger partial charge in [-0.25, -0.2) is 0 Å². The molecule has 0 radical (unpaired) electrons. The molecule has 2 atom stereocenters. The van der Waals surface area contributed by atoms with Crippen molar-refractivity contribution in [3.05, 3.63) is 35.4 Å². The molecule has 1 fully saturated rings. The van der Waals surface area contributed by atoms with Crippen LogP contribution in [0.1, 0.15) is 17.5 Å². The Morgan fingerprint density at radius 1 is 1.23 bits per heavy atom. The number of rotatable bonds is 6. The Hall–Kier alpha value is -1.39. The van der Waals surface area contributed by atoms with Crippen molar-refractivity contribution < 1.29 is 9.90 Å². The monoisotopic (exact) mass is 304 g/mol. The third-order valence-corrected chi connectivity index (χ3v) is 4.51. The molecule has 1 aromatic rings. The first-order chi connectivity index (χ1) is 10.5. The number of hydrogen-bond donors (Lipinski definition) is 1. The molecule has 4 nitrogen and oxygen atoms in total. The number of carbonyl (C=O) groups is 1. The van der Waals surface area contributed by atoms with Crippen LogP contribution in [0.2, 0.25) is 0 Å². The van der Waals surface area contributed by atoms with Crippen LogP contribution in [-0.2, 0) is 11.2 Å². The summed E-state index contributed by atoms with van der Waals surface area (Å²) in [5.74, 6) is 0.800. The first-order valence-electron chi connectivity index (χ1n) is 8.08. The summed E-state index contributed by atoms with van der Waals surface area (Å²) in [4.78, 5) is 16.5. The Bertz CT molecular complexity index is 484. The van der Waals surface area contributed by atoms with Crippen molar-refractivity contribution >= 4 is 5.91 Å². The minimum atomic E-state index is 0.167. The van der Waals surface area contributed by atoms with E-state index in [0.29, 0.717) is 18.9 Å². The summed E-state index contributed by atoms with van der Waals surface area (Å²) < 4.78 is 0. The van der Waals surface area contributed by atoms with Gasteiger partial charge in [0.05, 0.1) is 0 Å². The number of aliphatic hydroxyl groups excluding tert-OH is 1. The summed E-state index contributed by atoms with van der Waals surface area (Å²) in [6.07, 6.45) is 1.34. The van der Waals surface area contributed by atoms with E-state index in [4.69, 9.17) is 0 Å². The normalized spacial score (nSPS) is 21.6. The van der Waals surface area contributed by atoms with Crippen molar-refractivity contribution in [3.8, 4) is 0 Å². The minimum Gasteiger partial charge on any atom is -0.396 e. The number of benzene rings is 1. The summed E-state index contributed by atoms with van der Waals surface area (Å²) in [5.41, 5.74) is 2.45. The predicted molar refractivity (Wildman–Crippen MR) is 88.7 cm³/mol. The number of aliphatic hydroxyl groups is 1. The summed E-state index contributed by atoms with van der Waals surface area (Å²) in [5, 5.41) is 9.53. The maximum Gasteiger partial charge on any atom is 0.222 e. The van der Waals surface area contributed by atoms with E-state index in [1.165, 1.54) is 11.1 Å². The van der Waals surface area contributed by atoms with Gasteiger partial charge < -0.3 is 14.9 Å². The second-order valence-corrected chi connectivity index (χ2v) is 6.75. The number of hydrogen-bond acceptors (Lipinski definition) is 3. The maximum atomic E-state index is 12.4. The zero-order chi connectivity index (χ0) is 16.1. The van der Waals surface area contributed by atoms with Gasteiger partial charge in [-0.2, -0.15) is 0 Å². The van der Waals surface area contributed by atoms with Gasteiger partial charge in [0.2, 0.25) is 5.91 Å². The van der Waals surface area contributed by atoms with Crippen molar-refractivity contribution in [3.63, 3.8) is 0 Å². The molecule has 1 saturated heterocycles. The molecule has 22 heavy (non-hydrogen) atoms. The van der Waals surface area contributed by atoms with E-state index in [9.17, 15) is 9.90 Å². The Morgan fingerprint density at radius 2 is 1.86 bits per heavy atom. The van der Waals surface area contributed by atoms with Gasteiger partial charge in [0.15, 0.2) is 0 Å². The molecule has 1 N–H and O–H groups in total. The van der Waals surface area contributed by atoms with Crippen molar-refractivity contribution in [2.24, 2.45) is 11.8 Å².